The number of benzene rings is 2. The summed E-state index contributed by atoms with van der Waals surface area (Å²) < 4.78 is 40.2. The number of nitro groups is 1. The van der Waals surface area contributed by atoms with E-state index in [0.29, 0.717) is 0 Å². The number of nitrogens with one attached hydrogen (secondary N) is 1. The minimum Gasteiger partial charge on any atom is -0.406 e. The first-order valence-corrected chi connectivity index (χ1v) is 6.16. The molecule has 0 aliphatic heterocycles. The molecule has 120 valence electrons. The van der Waals surface area contributed by atoms with Crippen molar-refractivity contribution in [2.24, 2.45) is 0 Å². The van der Waals surface area contributed by atoms with Gasteiger partial charge >= 0.3 is 6.36 Å². The summed E-state index contributed by atoms with van der Waals surface area (Å²) in [6.45, 7) is 0. The monoisotopic (exact) mass is 326 g/mol. The predicted octanol–water partition coefficient (Wildman–Crippen LogP) is 3.75. The van der Waals surface area contributed by atoms with E-state index in [1.54, 1.807) is 0 Å². The first-order chi connectivity index (χ1) is 10.7. The number of nitrogens with zero attached hydrogens (tertiary/aromatic N) is 1. The van der Waals surface area contributed by atoms with Gasteiger partial charge in [0, 0.05) is 29.4 Å². The highest BCUT2D eigenvalue weighted by Gasteiger charge is 2.31. The second-order valence-electron chi connectivity index (χ2n) is 4.34. The average molecular weight is 326 g/mol. The molecule has 0 aliphatic rings. The largest absolute Gasteiger partial charge is 0.573 e. The summed E-state index contributed by atoms with van der Waals surface area (Å²) in [4.78, 5) is 22.0. The van der Waals surface area contributed by atoms with Gasteiger partial charge in [-0.25, -0.2) is 0 Å². The van der Waals surface area contributed by atoms with Crippen molar-refractivity contribution >= 4 is 17.3 Å². The Morgan fingerprint density at radius 1 is 1.13 bits per heavy atom. The van der Waals surface area contributed by atoms with Crippen LogP contribution in [-0.2, 0) is 0 Å². The minimum atomic E-state index is -4.84. The molecule has 0 atom stereocenters. The number of non-ortho nitro benzene ring substituents is 1. The van der Waals surface area contributed by atoms with Crippen LogP contribution in [0.5, 0.6) is 5.75 Å². The highest BCUT2D eigenvalue weighted by atomic mass is 19.4. The van der Waals surface area contributed by atoms with Gasteiger partial charge in [0.2, 0.25) is 0 Å². The van der Waals surface area contributed by atoms with Gasteiger partial charge < -0.3 is 10.1 Å². The van der Waals surface area contributed by atoms with E-state index in [1.807, 2.05) is 0 Å². The second-order valence-corrected chi connectivity index (χ2v) is 4.34. The predicted molar refractivity (Wildman–Crippen MR) is 74.2 cm³/mol. The SMILES string of the molecule is O=C(Nc1cccc(OC(F)(F)F)c1)c1cccc([N+](=O)[O-])c1. The standard InChI is InChI=1S/C14H9F3N2O4/c15-14(16,17)23-12-6-2-4-10(8-12)18-13(20)9-3-1-5-11(7-9)19(21)22/h1-8H,(H,18,20). The molecule has 2 rings (SSSR count). The highest BCUT2D eigenvalue weighted by Crippen LogP contribution is 2.25. The maximum absolute atomic E-state index is 12.1. The maximum Gasteiger partial charge on any atom is 0.573 e. The molecule has 0 bridgehead atoms. The van der Waals surface area contributed by atoms with Crippen LogP contribution in [0, 0.1) is 10.1 Å². The van der Waals surface area contributed by atoms with E-state index < -0.39 is 22.9 Å². The first kappa shape index (κ1) is 16.3. The van der Waals surface area contributed by atoms with Crippen molar-refractivity contribution in [1.29, 1.82) is 0 Å². The van der Waals surface area contributed by atoms with Crippen LogP contribution in [0.15, 0.2) is 48.5 Å². The Morgan fingerprint density at radius 2 is 1.83 bits per heavy atom. The zero-order chi connectivity index (χ0) is 17.0. The number of alkyl halides is 3. The molecular weight excluding hydrogens is 317 g/mol. The summed E-state index contributed by atoms with van der Waals surface area (Å²) >= 11 is 0. The average Bonchev–Trinajstić information content (AvgIpc) is 2.46. The lowest BCUT2D eigenvalue weighted by Crippen LogP contribution is -2.17. The number of hydrogen-bond acceptors (Lipinski definition) is 4. The molecule has 6 nitrogen and oxygen atoms in total. The molecule has 0 heterocycles. The van der Waals surface area contributed by atoms with Gasteiger partial charge in [-0.05, 0) is 18.2 Å². The van der Waals surface area contributed by atoms with E-state index in [-0.39, 0.29) is 16.9 Å². The van der Waals surface area contributed by atoms with Gasteiger partial charge in [-0.2, -0.15) is 0 Å². The van der Waals surface area contributed by atoms with E-state index in [4.69, 9.17) is 0 Å². The Kier molecular flexibility index (Phi) is 4.49. The molecule has 1 amide bonds. The van der Waals surface area contributed by atoms with Crippen LogP contribution < -0.4 is 10.1 Å². The second kappa shape index (κ2) is 6.34. The van der Waals surface area contributed by atoms with Crippen molar-refractivity contribution < 1.29 is 27.6 Å². The molecule has 0 spiro atoms. The summed E-state index contributed by atoms with van der Waals surface area (Å²) in [7, 11) is 0. The van der Waals surface area contributed by atoms with Crippen LogP contribution in [0.2, 0.25) is 0 Å². The van der Waals surface area contributed by atoms with Crippen LogP contribution in [0.25, 0.3) is 0 Å². The number of nitro benzene ring substituents is 1. The molecule has 2 aromatic rings. The summed E-state index contributed by atoms with van der Waals surface area (Å²) in [6, 6.07) is 9.65. The Hall–Kier alpha value is -3.10. The number of rotatable bonds is 4. The van der Waals surface area contributed by atoms with Gasteiger partial charge in [0.05, 0.1) is 4.92 Å². The molecular formula is C14H9F3N2O4. The van der Waals surface area contributed by atoms with Crippen LogP contribution >= 0.6 is 0 Å². The number of anilines is 1. The Morgan fingerprint density at radius 3 is 2.48 bits per heavy atom. The van der Waals surface area contributed by atoms with E-state index in [1.165, 1.54) is 30.3 Å². The molecule has 0 saturated heterocycles. The third kappa shape index (κ3) is 4.70. The minimum absolute atomic E-state index is 0.00124. The Balaban J connectivity index is 2.16. The van der Waals surface area contributed by atoms with Crippen molar-refractivity contribution in [2.45, 2.75) is 6.36 Å². The number of carbonyl (C=O) groups is 1. The smallest absolute Gasteiger partial charge is 0.406 e. The lowest BCUT2D eigenvalue weighted by atomic mass is 10.2. The highest BCUT2D eigenvalue weighted by molar-refractivity contribution is 6.04. The first-order valence-electron chi connectivity index (χ1n) is 6.16. The van der Waals surface area contributed by atoms with Crippen molar-refractivity contribution in [3.05, 3.63) is 64.2 Å². The van der Waals surface area contributed by atoms with Gasteiger partial charge in [-0.15, -0.1) is 13.2 Å². The molecule has 0 aromatic heterocycles. The fourth-order valence-corrected chi connectivity index (χ4v) is 1.73. The maximum atomic E-state index is 12.1. The van der Waals surface area contributed by atoms with Gasteiger partial charge in [-0.1, -0.05) is 12.1 Å². The van der Waals surface area contributed by atoms with E-state index in [0.717, 1.165) is 18.2 Å². The third-order valence-corrected chi connectivity index (χ3v) is 2.64. The number of amides is 1. The Bertz CT molecular complexity index is 747. The quantitative estimate of drug-likeness (QED) is 0.685. The van der Waals surface area contributed by atoms with Crippen molar-refractivity contribution in [3.63, 3.8) is 0 Å². The van der Waals surface area contributed by atoms with Gasteiger partial charge in [-0.3, -0.25) is 14.9 Å². The van der Waals surface area contributed by atoms with E-state index in [9.17, 15) is 28.1 Å². The fraction of sp³-hybridized carbons (Fsp3) is 0.0714. The van der Waals surface area contributed by atoms with Crippen molar-refractivity contribution in [2.75, 3.05) is 5.32 Å². The molecule has 2 aromatic carbocycles. The zero-order valence-electron chi connectivity index (χ0n) is 11.3. The topological polar surface area (TPSA) is 81.5 Å². The molecule has 0 radical (unpaired) electrons. The number of hydrogen-bond donors (Lipinski definition) is 1. The third-order valence-electron chi connectivity index (χ3n) is 2.64. The molecule has 0 fully saturated rings. The summed E-state index contributed by atoms with van der Waals surface area (Å²) in [5.74, 6) is -1.19. The van der Waals surface area contributed by atoms with Crippen LogP contribution in [0.1, 0.15) is 10.4 Å². The molecule has 9 heteroatoms. The fourth-order valence-electron chi connectivity index (χ4n) is 1.73. The van der Waals surface area contributed by atoms with Gasteiger partial charge in [0.15, 0.2) is 0 Å². The molecule has 0 saturated carbocycles. The lowest BCUT2D eigenvalue weighted by molar-refractivity contribution is -0.384. The molecule has 1 N–H and O–H groups in total. The molecule has 0 unspecified atom stereocenters. The van der Waals surface area contributed by atoms with E-state index >= 15 is 0 Å². The normalized spacial score (nSPS) is 10.9. The van der Waals surface area contributed by atoms with Crippen LogP contribution in [0.3, 0.4) is 0 Å². The number of halogens is 3. The van der Waals surface area contributed by atoms with Crippen LogP contribution in [-0.4, -0.2) is 17.2 Å². The number of ether oxygens (including phenoxy) is 1. The van der Waals surface area contributed by atoms with E-state index in [2.05, 4.69) is 10.1 Å². The zero-order valence-corrected chi connectivity index (χ0v) is 11.3. The summed E-state index contributed by atoms with van der Waals surface area (Å²) in [5, 5.41) is 13.0. The molecule has 0 aliphatic carbocycles. The molecule has 23 heavy (non-hydrogen) atoms. The summed E-state index contributed by atoms with van der Waals surface area (Å²) in [6.07, 6.45) is -4.84. The van der Waals surface area contributed by atoms with Crippen molar-refractivity contribution in [1.82, 2.24) is 0 Å². The van der Waals surface area contributed by atoms with Gasteiger partial charge in [0.25, 0.3) is 11.6 Å². The van der Waals surface area contributed by atoms with Crippen molar-refractivity contribution in [3.8, 4) is 5.75 Å². The van der Waals surface area contributed by atoms with Crippen LogP contribution in [0.4, 0.5) is 24.5 Å². The lowest BCUT2D eigenvalue weighted by Gasteiger charge is -2.10. The Labute approximate surface area is 127 Å². The van der Waals surface area contributed by atoms with Gasteiger partial charge in [0.1, 0.15) is 5.75 Å². The number of carbonyl (C=O) groups excluding carboxylic acids is 1. The summed E-state index contributed by atoms with van der Waals surface area (Å²) in [5.41, 5.74) is -0.212.